The number of H-pyrrole nitrogens is 1. The summed E-state index contributed by atoms with van der Waals surface area (Å²) in [7, 11) is 0. The van der Waals surface area contributed by atoms with E-state index in [4.69, 9.17) is 0 Å². The number of nitrogens with one attached hydrogen (secondary N) is 2. The standard InChI is InChI=1S/C24H27N3O2/c1-17-6-8-18(9-7-17)16-27-20(10-11-24(27)29)14-23(28)25-13-12-19-15-26-22-5-3-2-4-21(19)22/h2-9,15,20,26H,10-14,16H2,1H3,(H,25,28). The Morgan fingerprint density at radius 2 is 1.97 bits per heavy atom. The Labute approximate surface area is 171 Å². The summed E-state index contributed by atoms with van der Waals surface area (Å²) in [5.41, 5.74) is 4.63. The molecule has 29 heavy (non-hydrogen) atoms. The number of aromatic amines is 1. The molecular weight excluding hydrogens is 362 g/mol. The lowest BCUT2D eigenvalue weighted by atomic mass is 10.1. The van der Waals surface area contributed by atoms with Crippen LogP contribution in [0, 0.1) is 6.92 Å². The predicted molar refractivity (Wildman–Crippen MR) is 114 cm³/mol. The number of amides is 2. The average molecular weight is 389 g/mol. The van der Waals surface area contributed by atoms with Crippen LogP contribution in [0.2, 0.25) is 0 Å². The molecule has 1 aliphatic rings. The monoisotopic (exact) mass is 389 g/mol. The Hall–Kier alpha value is -3.08. The summed E-state index contributed by atoms with van der Waals surface area (Å²) in [5, 5.41) is 4.23. The third-order valence-electron chi connectivity index (χ3n) is 5.74. The van der Waals surface area contributed by atoms with Crippen molar-refractivity contribution in [3.05, 3.63) is 71.4 Å². The summed E-state index contributed by atoms with van der Waals surface area (Å²) < 4.78 is 0. The molecule has 1 aromatic heterocycles. The van der Waals surface area contributed by atoms with E-state index in [1.54, 1.807) is 0 Å². The van der Waals surface area contributed by atoms with Crippen LogP contribution in [0.5, 0.6) is 0 Å². The third-order valence-corrected chi connectivity index (χ3v) is 5.74. The van der Waals surface area contributed by atoms with Gasteiger partial charge in [-0.05, 0) is 37.0 Å². The molecule has 2 heterocycles. The molecule has 5 nitrogen and oxygen atoms in total. The van der Waals surface area contributed by atoms with Crippen LogP contribution in [-0.4, -0.2) is 34.3 Å². The SMILES string of the molecule is Cc1ccc(CN2C(=O)CCC2CC(=O)NCCc2c[nH]c3ccccc23)cc1. The van der Waals surface area contributed by atoms with Crippen molar-refractivity contribution in [3.8, 4) is 0 Å². The molecule has 2 N–H and O–H groups in total. The highest BCUT2D eigenvalue weighted by molar-refractivity contribution is 5.83. The summed E-state index contributed by atoms with van der Waals surface area (Å²) in [4.78, 5) is 29.9. The number of aryl methyl sites for hydroxylation is 1. The fraction of sp³-hybridized carbons (Fsp3) is 0.333. The smallest absolute Gasteiger partial charge is 0.223 e. The van der Waals surface area contributed by atoms with E-state index in [9.17, 15) is 9.59 Å². The van der Waals surface area contributed by atoms with Crippen molar-refractivity contribution < 1.29 is 9.59 Å². The van der Waals surface area contributed by atoms with Crippen molar-refractivity contribution in [1.29, 1.82) is 0 Å². The number of carbonyl (C=O) groups is 2. The number of nitrogens with zero attached hydrogens (tertiary/aromatic N) is 1. The van der Waals surface area contributed by atoms with Gasteiger partial charge in [0.2, 0.25) is 11.8 Å². The number of likely N-dealkylation sites (tertiary alicyclic amines) is 1. The van der Waals surface area contributed by atoms with Crippen molar-refractivity contribution in [2.75, 3.05) is 6.54 Å². The van der Waals surface area contributed by atoms with E-state index in [1.165, 1.54) is 16.5 Å². The van der Waals surface area contributed by atoms with E-state index in [0.29, 0.717) is 25.9 Å². The Kier molecular flexibility index (Phi) is 5.65. The van der Waals surface area contributed by atoms with Gasteiger partial charge >= 0.3 is 0 Å². The Bertz CT molecular complexity index is 1010. The maximum Gasteiger partial charge on any atom is 0.223 e. The van der Waals surface area contributed by atoms with Crippen molar-refractivity contribution in [3.63, 3.8) is 0 Å². The van der Waals surface area contributed by atoms with Crippen molar-refractivity contribution in [2.45, 2.75) is 45.2 Å². The Balaban J connectivity index is 1.30. The van der Waals surface area contributed by atoms with E-state index in [-0.39, 0.29) is 17.9 Å². The van der Waals surface area contributed by atoms with Gasteiger partial charge in [0.1, 0.15) is 0 Å². The van der Waals surface area contributed by atoms with Gasteiger partial charge in [0.25, 0.3) is 0 Å². The maximum absolute atomic E-state index is 12.5. The van der Waals surface area contributed by atoms with Gasteiger partial charge in [-0.3, -0.25) is 9.59 Å². The molecule has 3 aromatic rings. The minimum Gasteiger partial charge on any atom is -0.361 e. The Morgan fingerprint density at radius 3 is 2.79 bits per heavy atom. The second-order valence-corrected chi connectivity index (χ2v) is 7.86. The highest BCUT2D eigenvalue weighted by Gasteiger charge is 2.32. The molecular formula is C24H27N3O2. The van der Waals surface area contributed by atoms with E-state index in [2.05, 4.69) is 46.7 Å². The molecule has 1 saturated heterocycles. The van der Waals surface area contributed by atoms with Gasteiger partial charge in [-0.2, -0.15) is 0 Å². The molecule has 2 amide bonds. The van der Waals surface area contributed by atoms with E-state index in [1.807, 2.05) is 30.2 Å². The first-order valence-electron chi connectivity index (χ1n) is 10.3. The number of aromatic nitrogens is 1. The predicted octanol–water partition coefficient (Wildman–Crippen LogP) is 3.72. The van der Waals surface area contributed by atoms with E-state index < -0.39 is 0 Å². The van der Waals surface area contributed by atoms with Crippen LogP contribution in [0.3, 0.4) is 0 Å². The fourth-order valence-corrected chi connectivity index (χ4v) is 4.07. The second kappa shape index (κ2) is 8.52. The average Bonchev–Trinajstić information content (AvgIpc) is 3.28. The molecule has 1 fully saturated rings. The molecule has 1 aliphatic heterocycles. The molecule has 0 bridgehead atoms. The molecule has 150 valence electrons. The lowest BCUT2D eigenvalue weighted by molar-refractivity contribution is -0.130. The van der Waals surface area contributed by atoms with Crippen molar-refractivity contribution in [2.24, 2.45) is 0 Å². The molecule has 0 spiro atoms. The Morgan fingerprint density at radius 1 is 1.17 bits per heavy atom. The van der Waals surface area contributed by atoms with Crippen LogP contribution >= 0.6 is 0 Å². The fourth-order valence-electron chi connectivity index (χ4n) is 4.07. The molecule has 1 unspecified atom stereocenters. The van der Waals surface area contributed by atoms with Gasteiger partial charge in [0.05, 0.1) is 0 Å². The number of benzene rings is 2. The van der Waals surface area contributed by atoms with E-state index >= 15 is 0 Å². The number of para-hydroxylation sites is 1. The lowest BCUT2D eigenvalue weighted by Crippen LogP contribution is -2.37. The topological polar surface area (TPSA) is 65.2 Å². The zero-order valence-corrected chi connectivity index (χ0v) is 16.8. The first kappa shape index (κ1) is 19.2. The van der Waals surface area contributed by atoms with Gasteiger partial charge in [-0.1, -0.05) is 48.0 Å². The van der Waals surface area contributed by atoms with Crippen LogP contribution in [0.25, 0.3) is 10.9 Å². The summed E-state index contributed by atoms with van der Waals surface area (Å²) in [5.74, 6) is 0.153. The van der Waals surface area contributed by atoms with Gasteiger partial charge in [-0.25, -0.2) is 0 Å². The van der Waals surface area contributed by atoms with Crippen LogP contribution in [0.1, 0.15) is 36.0 Å². The molecule has 1 atom stereocenters. The third kappa shape index (κ3) is 4.50. The molecule has 0 radical (unpaired) electrons. The van der Waals surface area contributed by atoms with E-state index in [0.717, 1.165) is 23.9 Å². The number of rotatable bonds is 7. The minimum absolute atomic E-state index is 0.0125. The minimum atomic E-state index is -0.0168. The molecule has 4 rings (SSSR count). The summed E-state index contributed by atoms with van der Waals surface area (Å²) >= 11 is 0. The maximum atomic E-state index is 12.5. The number of hydrogen-bond acceptors (Lipinski definition) is 2. The van der Waals surface area contributed by atoms with Gasteiger partial charge in [0.15, 0.2) is 0 Å². The van der Waals surface area contributed by atoms with Crippen LogP contribution in [0.15, 0.2) is 54.7 Å². The molecule has 2 aromatic carbocycles. The highest BCUT2D eigenvalue weighted by atomic mass is 16.2. The largest absolute Gasteiger partial charge is 0.361 e. The van der Waals surface area contributed by atoms with Crippen molar-refractivity contribution >= 4 is 22.7 Å². The second-order valence-electron chi connectivity index (χ2n) is 7.86. The number of hydrogen-bond donors (Lipinski definition) is 2. The first-order valence-corrected chi connectivity index (χ1v) is 10.3. The number of fused-ring (bicyclic) bond motifs is 1. The van der Waals surface area contributed by atoms with Crippen molar-refractivity contribution in [1.82, 2.24) is 15.2 Å². The van der Waals surface area contributed by atoms with Gasteiger partial charge in [0, 0.05) is 49.1 Å². The summed E-state index contributed by atoms with van der Waals surface area (Å²) in [6.07, 6.45) is 4.44. The first-order chi connectivity index (χ1) is 14.1. The lowest BCUT2D eigenvalue weighted by Gasteiger charge is -2.24. The van der Waals surface area contributed by atoms with Crippen LogP contribution in [-0.2, 0) is 22.6 Å². The zero-order chi connectivity index (χ0) is 20.2. The highest BCUT2D eigenvalue weighted by Crippen LogP contribution is 2.24. The zero-order valence-electron chi connectivity index (χ0n) is 16.8. The molecule has 5 heteroatoms. The molecule has 0 aliphatic carbocycles. The van der Waals surface area contributed by atoms with Gasteiger partial charge in [-0.15, -0.1) is 0 Å². The van der Waals surface area contributed by atoms with Crippen LogP contribution in [0.4, 0.5) is 0 Å². The summed E-state index contributed by atoms with van der Waals surface area (Å²) in [6, 6.07) is 16.4. The van der Waals surface area contributed by atoms with Crippen LogP contribution < -0.4 is 5.32 Å². The van der Waals surface area contributed by atoms with Gasteiger partial charge < -0.3 is 15.2 Å². The normalized spacial score (nSPS) is 16.5. The quantitative estimate of drug-likeness (QED) is 0.647. The molecule has 0 saturated carbocycles. The number of carbonyl (C=O) groups excluding carboxylic acids is 2. The summed E-state index contributed by atoms with van der Waals surface area (Å²) in [6.45, 7) is 3.22.